The lowest BCUT2D eigenvalue weighted by Gasteiger charge is -2.09. The van der Waals surface area contributed by atoms with Crippen LogP contribution in [0.2, 0.25) is 10.0 Å². The molecule has 0 aliphatic carbocycles. The van der Waals surface area contributed by atoms with Crippen LogP contribution in [0, 0.1) is 11.3 Å². The van der Waals surface area contributed by atoms with Crippen molar-refractivity contribution in [2.75, 3.05) is 12.3 Å². The molecule has 0 radical (unpaired) electrons. The van der Waals surface area contributed by atoms with Gasteiger partial charge >= 0.3 is 0 Å². The fraction of sp³-hybridized carbons (Fsp3) is 0.300. The minimum Gasteiger partial charge on any atom is -0.491 e. The predicted octanol–water partition coefficient (Wildman–Crippen LogP) is 3.26. The van der Waals surface area contributed by atoms with Gasteiger partial charge in [-0.25, -0.2) is 0 Å². The minimum absolute atomic E-state index is 0.401. The Morgan fingerprint density at radius 3 is 2.67 bits per heavy atom. The Hall–Kier alpha value is -1.11. The van der Waals surface area contributed by atoms with Crippen LogP contribution in [0.15, 0.2) is 12.1 Å². The van der Waals surface area contributed by atoms with E-state index in [0.717, 1.165) is 0 Å². The molecule has 0 saturated carbocycles. The lowest BCUT2D eigenvalue weighted by atomic mass is 10.3. The zero-order valence-corrected chi connectivity index (χ0v) is 9.48. The van der Waals surface area contributed by atoms with Gasteiger partial charge in [0.2, 0.25) is 0 Å². The largest absolute Gasteiger partial charge is 0.491 e. The van der Waals surface area contributed by atoms with Crippen molar-refractivity contribution in [2.24, 2.45) is 0 Å². The molecule has 0 fully saturated rings. The van der Waals surface area contributed by atoms with Crippen LogP contribution in [-0.4, -0.2) is 6.61 Å². The van der Waals surface area contributed by atoms with Gasteiger partial charge in [0.25, 0.3) is 0 Å². The van der Waals surface area contributed by atoms with Gasteiger partial charge in [-0.3, -0.25) is 0 Å². The molecule has 0 amide bonds. The Balaban J connectivity index is 2.62. The second-order valence-corrected chi connectivity index (χ2v) is 3.73. The monoisotopic (exact) mass is 244 g/mol. The molecule has 0 aliphatic rings. The van der Waals surface area contributed by atoms with Crippen molar-refractivity contribution in [3.05, 3.63) is 22.2 Å². The molecule has 0 heterocycles. The zero-order chi connectivity index (χ0) is 11.3. The molecule has 0 spiro atoms. The molecule has 5 heteroatoms. The Morgan fingerprint density at radius 2 is 2.00 bits per heavy atom. The first-order valence-electron chi connectivity index (χ1n) is 4.39. The van der Waals surface area contributed by atoms with E-state index < -0.39 is 0 Å². The summed E-state index contributed by atoms with van der Waals surface area (Å²) in [6.07, 6.45) is 1.12. The Labute approximate surface area is 98.3 Å². The van der Waals surface area contributed by atoms with E-state index in [0.29, 0.717) is 40.9 Å². The maximum atomic E-state index is 8.33. The third-order valence-electron chi connectivity index (χ3n) is 1.74. The molecule has 3 nitrogen and oxygen atoms in total. The van der Waals surface area contributed by atoms with Gasteiger partial charge in [0, 0.05) is 12.5 Å². The van der Waals surface area contributed by atoms with E-state index in [1.807, 2.05) is 6.07 Å². The summed E-state index contributed by atoms with van der Waals surface area (Å²) < 4.78 is 5.36. The first-order chi connectivity index (χ1) is 7.15. The van der Waals surface area contributed by atoms with Gasteiger partial charge in [0.1, 0.15) is 5.75 Å². The summed E-state index contributed by atoms with van der Waals surface area (Å²) in [7, 11) is 0. The molecule has 2 N–H and O–H groups in total. The van der Waals surface area contributed by atoms with Gasteiger partial charge in [0.05, 0.1) is 28.4 Å². The highest BCUT2D eigenvalue weighted by atomic mass is 35.5. The van der Waals surface area contributed by atoms with Crippen LogP contribution >= 0.6 is 23.2 Å². The van der Waals surface area contributed by atoms with Gasteiger partial charge < -0.3 is 10.5 Å². The van der Waals surface area contributed by atoms with E-state index in [1.165, 1.54) is 0 Å². The Kier molecular flexibility index (Phi) is 4.54. The highest BCUT2D eigenvalue weighted by Gasteiger charge is 2.05. The molecule has 0 saturated heterocycles. The number of ether oxygens (including phenoxy) is 1. The van der Waals surface area contributed by atoms with Crippen molar-refractivity contribution in [3.8, 4) is 11.8 Å². The number of hydrogen-bond donors (Lipinski definition) is 1. The number of anilines is 1. The van der Waals surface area contributed by atoms with Gasteiger partial charge in [-0.15, -0.1) is 0 Å². The van der Waals surface area contributed by atoms with Gasteiger partial charge in [-0.1, -0.05) is 23.2 Å². The van der Waals surface area contributed by atoms with Crippen LogP contribution < -0.4 is 10.5 Å². The van der Waals surface area contributed by atoms with Gasteiger partial charge in [-0.2, -0.15) is 5.26 Å². The molecule has 15 heavy (non-hydrogen) atoms. The number of halogens is 2. The number of benzene rings is 1. The number of nitriles is 1. The van der Waals surface area contributed by atoms with Gasteiger partial charge in [-0.05, 0) is 12.5 Å². The second kappa shape index (κ2) is 5.69. The lowest BCUT2D eigenvalue weighted by Crippen LogP contribution is -2.00. The number of hydrogen-bond acceptors (Lipinski definition) is 3. The first-order valence-corrected chi connectivity index (χ1v) is 5.15. The van der Waals surface area contributed by atoms with E-state index in [4.69, 9.17) is 38.9 Å². The van der Waals surface area contributed by atoms with Crippen molar-refractivity contribution < 1.29 is 4.74 Å². The first kappa shape index (κ1) is 12.0. The van der Waals surface area contributed by atoms with Crippen molar-refractivity contribution in [1.29, 1.82) is 5.26 Å². The van der Waals surface area contributed by atoms with E-state index in [2.05, 4.69) is 0 Å². The fourth-order valence-corrected chi connectivity index (χ4v) is 1.33. The summed E-state index contributed by atoms with van der Waals surface area (Å²) in [5, 5.41) is 9.14. The lowest BCUT2D eigenvalue weighted by molar-refractivity contribution is 0.314. The number of nitrogens with zero attached hydrogens (tertiary/aromatic N) is 1. The summed E-state index contributed by atoms with van der Waals surface area (Å²) in [6, 6.07) is 5.15. The summed E-state index contributed by atoms with van der Waals surface area (Å²) in [5.41, 5.74) is 6.12. The van der Waals surface area contributed by atoms with Crippen LogP contribution in [0.25, 0.3) is 0 Å². The van der Waals surface area contributed by atoms with Crippen LogP contribution in [-0.2, 0) is 0 Å². The molecule has 1 rings (SSSR count). The maximum Gasteiger partial charge on any atom is 0.143 e. The minimum atomic E-state index is 0.401. The standard InChI is InChI=1S/C10H10Cl2N2O/c11-7-5-9(14)10(6-8(7)12)15-4-2-1-3-13/h5-6H,1-2,4,14H2. The molecular weight excluding hydrogens is 235 g/mol. The van der Waals surface area contributed by atoms with Crippen LogP contribution in [0.3, 0.4) is 0 Å². The Bertz CT molecular complexity index is 388. The SMILES string of the molecule is N#CCCCOc1cc(Cl)c(Cl)cc1N. The van der Waals surface area contributed by atoms with Crippen molar-refractivity contribution in [1.82, 2.24) is 0 Å². The molecule has 0 aromatic heterocycles. The quantitative estimate of drug-likeness (QED) is 0.654. The van der Waals surface area contributed by atoms with Crippen LogP contribution in [0.1, 0.15) is 12.8 Å². The van der Waals surface area contributed by atoms with E-state index in [1.54, 1.807) is 12.1 Å². The third-order valence-corrected chi connectivity index (χ3v) is 2.47. The molecule has 0 bridgehead atoms. The van der Waals surface area contributed by atoms with Crippen molar-refractivity contribution in [2.45, 2.75) is 12.8 Å². The van der Waals surface area contributed by atoms with Crippen molar-refractivity contribution >= 4 is 28.9 Å². The number of nitrogen functional groups attached to an aromatic ring is 1. The van der Waals surface area contributed by atoms with Gasteiger partial charge in [0.15, 0.2) is 0 Å². The average Bonchev–Trinajstić information content (AvgIpc) is 2.20. The van der Waals surface area contributed by atoms with E-state index in [9.17, 15) is 0 Å². The zero-order valence-electron chi connectivity index (χ0n) is 7.96. The van der Waals surface area contributed by atoms with E-state index in [-0.39, 0.29) is 0 Å². The third kappa shape index (κ3) is 3.50. The highest BCUT2D eigenvalue weighted by Crippen LogP contribution is 2.32. The fourth-order valence-electron chi connectivity index (χ4n) is 1.00. The molecule has 80 valence electrons. The summed E-state index contributed by atoms with van der Waals surface area (Å²) in [4.78, 5) is 0. The molecule has 1 aromatic rings. The second-order valence-electron chi connectivity index (χ2n) is 2.91. The molecule has 0 aliphatic heterocycles. The molecule has 1 aromatic carbocycles. The topological polar surface area (TPSA) is 59.0 Å². The average molecular weight is 245 g/mol. The number of unbranched alkanes of at least 4 members (excludes halogenated alkanes) is 1. The maximum absolute atomic E-state index is 8.33. The number of nitrogens with two attached hydrogens (primary N) is 1. The molecule has 0 atom stereocenters. The summed E-state index contributed by atoms with van der Waals surface area (Å²) in [5.74, 6) is 0.502. The molecule has 0 unspecified atom stereocenters. The number of rotatable bonds is 4. The van der Waals surface area contributed by atoms with E-state index >= 15 is 0 Å². The summed E-state index contributed by atoms with van der Waals surface area (Å²) in [6.45, 7) is 0.440. The Morgan fingerprint density at radius 1 is 1.33 bits per heavy atom. The predicted molar refractivity (Wildman–Crippen MR) is 61.2 cm³/mol. The normalized spacial score (nSPS) is 9.67. The van der Waals surface area contributed by atoms with Crippen LogP contribution in [0.5, 0.6) is 5.75 Å². The summed E-state index contributed by atoms with van der Waals surface area (Å²) >= 11 is 11.6. The van der Waals surface area contributed by atoms with Crippen LogP contribution in [0.4, 0.5) is 5.69 Å². The highest BCUT2D eigenvalue weighted by molar-refractivity contribution is 6.42. The molecular formula is C10H10Cl2N2O. The van der Waals surface area contributed by atoms with Crippen molar-refractivity contribution in [3.63, 3.8) is 0 Å². The smallest absolute Gasteiger partial charge is 0.143 e.